The molecular formula is C17H16N4O2. The Bertz CT molecular complexity index is 924. The SMILES string of the molecule is NCCCOc1ccc2ncc(-c3cc4ccccc4o3)n2n1. The summed E-state index contributed by atoms with van der Waals surface area (Å²) in [6.07, 6.45) is 2.55. The first-order chi connectivity index (χ1) is 11.3. The minimum atomic E-state index is 0.543. The number of rotatable bonds is 5. The van der Waals surface area contributed by atoms with Gasteiger partial charge in [-0.1, -0.05) is 18.2 Å². The molecule has 2 N–H and O–H groups in total. The van der Waals surface area contributed by atoms with Crippen LogP contribution in [0.3, 0.4) is 0 Å². The van der Waals surface area contributed by atoms with Gasteiger partial charge in [0.2, 0.25) is 5.88 Å². The van der Waals surface area contributed by atoms with Crippen molar-refractivity contribution < 1.29 is 9.15 Å². The van der Waals surface area contributed by atoms with Gasteiger partial charge in [-0.25, -0.2) is 9.50 Å². The van der Waals surface area contributed by atoms with Crippen molar-refractivity contribution >= 4 is 16.6 Å². The Labute approximate surface area is 132 Å². The molecule has 0 aliphatic heterocycles. The predicted molar refractivity (Wildman–Crippen MR) is 87.4 cm³/mol. The maximum absolute atomic E-state index is 5.90. The maximum atomic E-state index is 5.90. The molecule has 3 aromatic heterocycles. The third-order valence-corrected chi connectivity index (χ3v) is 3.61. The smallest absolute Gasteiger partial charge is 0.231 e. The van der Waals surface area contributed by atoms with Gasteiger partial charge in [0, 0.05) is 11.5 Å². The summed E-state index contributed by atoms with van der Waals surface area (Å²) in [6.45, 7) is 1.14. The lowest BCUT2D eigenvalue weighted by molar-refractivity contribution is 0.297. The van der Waals surface area contributed by atoms with E-state index >= 15 is 0 Å². The zero-order chi connectivity index (χ0) is 15.6. The molecular weight excluding hydrogens is 292 g/mol. The van der Waals surface area contributed by atoms with Gasteiger partial charge in [0.25, 0.3) is 0 Å². The average molecular weight is 308 g/mol. The van der Waals surface area contributed by atoms with Crippen LogP contribution < -0.4 is 10.5 Å². The topological polar surface area (TPSA) is 78.6 Å². The number of ether oxygens (including phenoxy) is 1. The fourth-order valence-electron chi connectivity index (χ4n) is 2.47. The molecule has 0 amide bonds. The summed E-state index contributed by atoms with van der Waals surface area (Å²) in [4.78, 5) is 4.37. The average Bonchev–Trinajstić information content (AvgIpc) is 3.18. The van der Waals surface area contributed by atoms with Gasteiger partial charge in [-0.15, -0.1) is 5.10 Å². The molecule has 0 spiro atoms. The van der Waals surface area contributed by atoms with E-state index in [1.807, 2.05) is 36.4 Å². The molecule has 0 radical (unpaired) electrons. The molecule has 6 nitrogen and oxygen atoms in total. The number of aromatic nitrogens is 3. The molecule has 0 bridgehead atoms. The summed E-state index contributed by atoms with van der Waals surface area (Å²) in [5, 5.41) is 5.53. The standard InChI is InChI=1S/C17H16N4O2/c18-8-3-9-22-17-7-6-16-19-11-13(21(16)20-17)15-10-12-4-1-2-5-14(12)23-15/h1-2,4-7,10-11H,3,8-9,18H2. The van der Waals surface area contributed by atoms with Gasteiger partial charge in [-0.2, -0.15) is 0 Å². The summed E-state index contributed by atoms with van der Waals surface area (Å²) in [6, 6.07) is 13.6. The Balaban J connectivity index is 1.75. The molecule has 116 valence electrons. The van der Waals surface area contributed by atoms with Crippen LogP contribution in [0.1, 0.15) is 6.42 Å². The number of nitrogens with zero attached hydrogens (tertiary/aromatic N) is 3. The number of hydrogen-bond donors (Lipinski definition) is 1. The van der Waals surface area contributed by atoms with Crippen LogP contribution in [0.25, 0.3) is 28.1 Å². The summed E-state index contributed by atoms with van der Waals surface area (Å²) >= 11 is 0. The molecule has 23 heavy (non-hydrogen) atoms. The second-order valence-electron chi connectivity index (χ2n) is 5.22. The Kier molecular flexibility index (Phi) is 3.44. The lowest BCUT2D eigenvalue weighted by atomic mass is 10.2. The molecule has 3 heterocycles. The zero-order valence-electron chi connectivity index (χ0n) is 12.5. The fraction of sp³-hybridized carbons (Fsp3) is 0.176. The van der Waals surface area contributed by atoms with E-state index < -0.39 is 0 Å². The van der Waals surface area contributed by atoms with E-state index in [-0.39, 0.29) is 0 Å². The van der Waals surface area contributed by atoms with Crippen molar-refractivity contribution in [3.63, 3.8) is 0 Å². The molecule has 0 atom stereocenters. The van der Waals surface area contributed by atoms with E-state index in [0.717, 1.165) is 34.5 Å². The highest BCUT2D eigenvalue weighted by Gasteiger charge is 2.13. The zero-order valence-corrected chi connectivity index (χ0v) is 12.5. The van der Waals surface area contributed by atoms with Crippen molar-refractivity contribution in [3.05, 3.63) is 48.7 Å². The Morgan fingerprint density at radius 2 is 2.09 bits per heavy atom. The van der Waals surface area contributed by atoms with Crippen LogP contribution in [0.4, 0.5) is 0 Å². The lowest BCUT2D eigenvalue weighted by Crippen LogP contribution is -2.07. The molecule has 0 saturated carbocycles. The highest BCUT2D eigenvalue weighted by atomic mass is 16.5. The van der Waals surface area contributed by atoms with E-state index in [1.54, 1.807) is 16.8 Å². The number of para-hydroxylation sites is 1. The first-order valence-corrected chi connectivity index (χ1v) is 7.52. The summed E-state index contributed by atoms with van der Waals surface area (Å²) in [7, 11) is 0. The quantitative estimate of drug-likeness (QED) is 0.574. The second-order valence-corrected chi connectivity index (χ2v) is 5.22. The Morgan fingerprint density at radius 3 is 2.96 bits per heavy atom. The van der Waals surface area contributed by atoms with Crippen LogP contribution in [0.2, 0.25) is 0 Å². The summed E-state index contributed by atoms with van der Waals surface area (Å²) < 4.78 is 13.2. The molecule has 0 fully saturated rings. The Hall–Kier alpha value is -2.86. The highest BCUT2D eigenvalue weighted by molar-refractivity contribution is 5.82. The third-order valence-electron chi connectivity index (χ3n) is 3.61. The maximum Gasteiger partial charge on any atom is 0.231 e. The van der Waals surface area contributed by atoms with Crippen LogP contribution in [0, 0.1) is 0 Å². The summed E-state index contributed by atoms with van der Waals surface area (Å²) in [5.74, 6) is 1.27. The van der Waals surface area contributed by atoms with Gasteiger partial charge in [-0.05, 0) is 31.2 Å². The lowest BCUT2D eigenvalue weighted by Gasteiger charge is -2.05. The van der Waals surface area contributed by atoms with Gasteiger partial charge in [0.15, 0.2) is 11.4 Å². The molecule has 0 aliphatic rings. The normalized spacial score (nSPS) is 11.3. The van der Waals surface area contributed by atoms with Gasteiger partial charge >= 0.3 is 0 Å². The number of hydrogen-bond acceptors (Lipinski definition) is 5. The van der Waals surface area contributed by atoms with Gasteiger partial charge in [0.1, 0.15) is 11.3 Å². The highest BCUT2D eigenvalue weighted by Crippen LogP contribution is 2.28. The number of imidazole rings is 1. The molecule has 0 unspecified atom stereocenters. The first kappa shape index (κ1) is 13.8. The van der Waals surface area contributed by atoms with Crippen LogP contribution in [0.5, 0.6) is 5.88 Å². The van der Waals surface area contributed by atoms with Crippen molar-refractivity contribution in [1.82, 2.24) is 14.6 Å². The molecule has 0 aliphatic carbocycles. The molecule has 4 aromatic rings. The first-order valence-electron chi connectivity index (χ1n) is 7.52. The second kappa shape index (κ2) is 5.73. The number of fused-ring (bicyclic) bond motifs is 2. The van der Waals surface area contributed by atoms with E-state index in [9.17, 15) is 0 Å². The van der Waals surface area contributed by atoms with Crippen LogP contribution >= 0.6 is 0 Å². The van der Waals surface area contributed by atoms with Gasteiger partial charge in [0.05, 0.1) is 12.8 Å². The molecule has 0 saturated heterocycles. The number of furan rings is 1. The largest absolute Gasteiger partial charge is 0.477 e. The van der Waals surface area contributed by atoms with Crippen LogP contribution in [-0.4, -0.2) is 27.7 Å². The van der Waals surface area contributed by atoms with E-state index in [0.29, 0.717) is 19.0 Å². The van der Waals surface area contributed by atoms with Crippen molar-refractivity contribution in [2.75, 3.05) is 13.2 Å². The monoisotopic (exact) mass is 308 g/mol. The fourth-order valence-corrected chi connectivity index (χ4v) is 2.47. The number of nitrogens with two attached hydrogens (primary N) is 1. The van der Waals surface area contributed by atoms with E-state index in [4.69, 9.17) is 14.9 Å². The van der Waals surface area contributed by atoms with Crippen LogP contribution in [0.15, 0.2) is 53.1 Å². The van der Waals surface area contributed by atoms with Crippen molar-refractivity contribution in [2.45, 2.75) is 6.42 Å². The Morgan fingerprint density at radius 1 is 1.17 bits per heavy atom. The minimum absolute atomic E-state index is 0.543. The molecule has 6 heteroatoms. The van der Waals surface area contributed by atoms with Crippen LogP contribution in [-0.2, 0) is 0 Å². The molecule has 1 aromatic carbocycles. The van der Waals surface area contributed by atoms with Crippen molar-refractivity contribution in [1.29, 1.82) is 0 Å². The number of benzene rings is 1. The summed E-state index contributed by atoms with van der Waals surface area (Å²) in [5.41, 5.74) is 7.85. The van der Waals surface area contributed by atoms with E-state index in [2.05, 4.69) is 10.1 Å². The molecule has 4 rings (SSSR count). The van der Waals surface area contributed by atoms with Gasteiger partial charge < -0.3 is 14.9 Å². The van der Waals surface area contributed by atoms with Crippen molar-refractivity contribution in [2.24, 2.45) is 5.73 Å². The van der Waals surface area contributed by atoms with E-state index in [1.165, 1.54) is 0 Å². The predicted octanol–water partition coefficient (Wildman–Crippen LogP) is 2.87. The third kappa shape index (κ3) is 2.53. The van der Waals surface area contributed by atoms with Gasteiger partial charge in [-0.3, -0.25) is 0 Å². The minimum Gasteiger partial charge on any atom is -0.477 e. The van der Waals surface area contributed by atoms with Crippen molar-refractivity contribution in [3.8, 4) is 17.3 Å².